The van der Waals surface area contributed by atoms with Crippen molar-refractivity contribution in [3.8, 4) is 11.5 Å². The minimum absolute atomic E-state index is 0.0710. The monoisotopic (exact) mass is 514 g/mol. The number of aliphatic hydroxyl groups excluding tert-OH is 1. The van der Waals surface area contributed by atoms with E-state index in [1.165, 1.54) is 0 Å². The number of Topliss-reactive ketones (excluding diaryl/α,β-unsaturated/α-hetero) is 1. The van der Waals surface area contributed by atoms with E-state index >= 15 is 0 Å². The molecule has 7 nitrogen and oxygen atoms in total. The molecule has 0 bridgehead atoms. The van der Waals surface area contributed by atoms with Gasteiger partial charge in [0, 0.05) is 12.1 Å². The molecule has 3 aromatic rings. The summed E-state index contributed by atoms with van der Waals surface area (Å²) in [6.45, 7) is 3.60. The molecule has 0 aliphatic carbocycles. The van der Waals surface area contributed by atoms with Crippen LogP contribution in [0.3, 0.4) is 0 Å². The van der Waals surface area contributed by atoms with E-state index in [0.717, 1.165) is 17.7 Å². The lowest BCUT2D eigenvalue weighted by Gasteiger charge is -2.26. The van der Waals surface area contributed by atoms with E-state index in [1.807, 2.05) is 62.3 Å². The molecule has 7 heteroatoms. The van der Waals surface area contributed by atoms with Crippen molar-refractivity contribution in [1.82, 2.24) is 9.80 Å². The summed E-state index contributed by atoms with van der Waals surface area (Å²) in [5, 5.41) is 11.3. The Morgan fingerprint density at radius 2 is 1.71 bits per heavy atom. The lowest BCUT2D eigenvalue weighted by molar-refractivity contribution is -0.139. The molecule has 1 aliphatic rings. The number of carbonyl (C=O) groups excluding carboxylic acids is 2. The highest BCUT2D eigenvalue weighted by molar-refractivity contribution is 6.46. The first-order valence-electron chi connectivity index (χ1n) is 12.6. The van der Waals surface area contributed by atoms with Gasteiger partial charge in [-0.15, -0.1) is 0 Å². The van der Waals surface area contributed by atoms with E-state index in [2.05, 4.69) is 0 Å². The Kier molecular flexibility index (Phi) is 8.48. The van der Waals surface area contributed by atoms with Gasteiger partial charge < -0.3 is 24.4 Å². The highest BCUT2D eigenvalue weighted by Gasteiger charge is 2.45. The van der Waals surface area contributed by atoms with Crippen molar-refractivity contribution in [3.05, 3.63) is 101 Å². The normalized spacial score (nSPS) is 16.8. The number of nitrogens with zero attached hydrogens (tertiary/aromatic N) is 2. The number of aryl methyl sites for hydroxylation is 1. The van der Waals surface area contributed by atoms with Gasteiger partial charge in [0.05, 0.1) is 18.7 Å². The molecule has 3 aromatic carbocycles. The standard InChI is InChI=1S/C31H34N2O5/c1-21-9-5-6-10-24(21)20-38-25-15-13-22(14-16-25)29(34)27-28(23-11-7-12-26(19-23)37-4)33(31(36)30(27)35)18-8-17-32(2)3/h5-7,9-16,19,28,34H,8,17-18,20H2,1-4H3/b29-27+/t28-/m1/s1. The molecular weight excluding hydrogens is 480 g/mol. The van der Waals surface area contributed by atoms with Crippen LogP contribution in [-0.2, 0) is 16.2 Å². The smallest absolute Gasteiger partial charge is 0.295 e. The number of aliphatic hydroxyl groups is 1. The molecule has 1 atom stereocenters. The van der Waals surface area contributed by atoms with Crippen LogP contribution in [0, 0.1) is 6.92 Å². The summed E-state index contributed by atoms with van der Waals surface area (Å²) in [5.74, 6) is -0.275. The van der Waals surface area contributed by atoms with Crippen molar-refractivity contribution in [3.63, 3.8) is 0 Å². The topological polar surface area (TPSA) is 79.3 Å². The Labute approximate surface area is 223 Å². The van der Waals surface area contributed by atoms with Crippen LogP contribution in [0.25, 0.3) is 5.76 Å². The molecule has 1 aliphatic heterocycles. The second-order valence-electron chi connectivity index (χ2n) is 9.67. The molecule has 0 spiro atoms. The van der Waals surface area contributed by atoms with Crippen LogP contribution in [0.1, 0.15) is 34.7 Å². The maximum absolute atomic E-state index is 13.2. The first-order chi connectivity index (χ1) is 18.3. The third-order valence-electron chi connectivity index (χ3n) is 6.74. The molecule has 198 valence electrons. The van der Waals surface area contributed by atoms with Crippen molar-refractivity contribution in [2.45, 2.75) is 26.0 Å². The fraction of sp³-hybridized carbons (Fsp3) is 0.290. The molecule has 0 saturated carbocycles. The largest absolute Gasteiger partial charge is 0.507 e. The summed E-state index contributed by atoms with van der Waals surface area (Å²) in [6.07, 6.45) is 0.688. The van der Waals surface area contributed by atoms with Crippen molar-refractivity contribution in [1.29, 1.82) is 0 Å². The molecule has 0 unspecified atom stereocenters. The first-order valence-corrected chi connectivity index (χ1v) is 12.6. The fourth-order valence-electron chi connectivity index (χ4n) is 4.62. The number of hydrogen-bond donors (Lipinski definition) is 1. The van der Waals surface area contributed by atoms with Gasteiger partial charge in [0.25, 0.3) is 11.7 Å². The minimum Gasteiger partial charge on any atom is -0.507 e. The second kappa shape index (κ2) is 12.0. The van der Waals surface area contributed by atoms with Crippen LogP contribution in [0.4, 0.5) is 0 Å². The van der Waals surface area contributed by atoms with Gasteiger partial charge in [-0.1, -0.05) is 36.4 Å². The van der Waals surface area contributed by atoms with Crippen LogP contribution < -0.4 is 9.47 Å². The number of hydrogen-bond acceptors (Lipinski definition) is 6. The van der Waals surface area contributed by atoms with E-state index < -0.39 is 17.7 Å². The third-order valence-corrected chi connectivity index (χ3v) is 6.74. The Balaban J connectivity index is 1.65. The average molecular weight is 515 g/mol. The van der Waals surface area contributed by atoms with E-state index in [1.54, 1.807) is 48.4 Å². The van der Waals surface area contributed by atoms with Crippen molar-refractivity contribution in [2.24, 2.45) is 0 Å². The van der Waals surface area contributed by atoms with Crippen LogP contribution in [0.15, 0.2) is 78.4 Å². The van der Waals surface area contributed by atoms with Gasteiger partial charge in [0.1, 0.15) is 23.9 Å². The van der Waals surface area contributed by atoms with Crippen molar-refractivity contribution < 1.29 is 24.2 Å². The molecule has 1 N–H and O–H groups in total. The summed E-state index contributed by atoms with van der Waals surface area (Å²) >= 11 is 0. The molecule has 1 saturated heterocycles. The number of benzene rings is 3. The second-order valence-corrected chi connectivity index (χ2v) is 9.67. The lowest BCUT2D eigenvalue weighted by Crippen LogP contribution is -2.32. The summed E-state index contributed by atoms with van der Waals surface area (Å²) < 4.78 is 11.3. The summed E-state index contributed by atoms with van der Waals surface area (Å²) in [7, 11) is 5.49. The molecule has 0 radical (unpaired) electrons. The summed E-state index contributed by atoms with van der Waals surface area (Å²) in [6, 6.07) is 21.5. The Bertz CT molecular complexity index is 1330. The summed E-state index contributed by atoms with van der Waals surface area (Å²) in [5.41, 5.74) is 3.45. The Morgan fingerprint density at radius 1 is 0.974 bits per heavy atom. The van der Waals surface area contributed by atoms with Gasteiger partial charge >= 0.3 is 0 Å². The summed E-state index contributed by atoms with van der Waals surface area (Å²) in [4.78, 5) is 30.0. The number of likely N-dealkylation sites (tertiary alicyclic amines) is 1. The molecule has 1 amide bonds. The predicted octanol–water partition coefficient (Wildman–Crippen LogP) is 4.96. The average Bonchev–Trinajstić information content (AvgIpc) is 3.17. The molecule has 4 rings (SSSR count). The maximum Gasteiger partial charge on any atom is 0.295 e. The highest BCUT2D eigenvalue weighted by atomic mass is 16.5. The third kappa shape index (κ3) is 5.89. The minimum atomic E-state index is -0.718. The number of amides is 1. The van der Waals surface area contributed by atoms with Crippen LogP contribution in [0.2, 0.25) is 0 Å². The zero-order valence-corrected chi connectivity index (χ0v) is 22.3. The highest BCUT2D eigenvalue weighted by Crippen LogP contribution is 2.40. The molecule has 0 aromatic heterocycles. The van der Waals surface area contributed by atoms with E-state index in [0.29, 0.717) is 42.2 Å². The fourth-order valence-corrected chi connectivity index (χ4v) is 4.62. The SMILES string of the molecule is COc1cccc([C@@H]2/C(=C(\O)c3ccc(OCc4ccccc4C)cc3)C(=O)C(=O)N2CCCN(C)C)c1. The first kappa shape index (κ1) is 26.9. The molecule has 1 heterocycles. The van der Waals surface area contributed by atoms with Crippen LogP contribution in [0.5, 0.6) is 11.5 Å². The lowest BCUT2D eigenvalue weighted by atomic mass is 9.95. The zero-order valence-electron chi connectivity index (χ0n) is 22.3. The van der Waals surface area contributed by atoms with Gasteiger partial charge in [0.2, 0.25) is 0 Å². The number of ketones is 1. The quantitative estimate of drug-likeness (QED) is 0.234. The Hall–Kier alpha value is -4.10. The zero-order chi connectivity index (χ0) is 27.2. The van der Waals surface area contributed by atoms with Gasteiger partial charge in [-0.2, -0.15) is 0 Å². The van der Waals surface area contributed by atoms with Crippen LogP contribution >= 0.6 is 0 Å². The molecule has 38 heavy (non-hydrogen) atoms. The Morgan fingerprint density at radius 3 is 2.39 bits per heavy atom. The van der Waals surface area contributed by atoms with Crippen molar-refractivity contribution >= 4 is 17.4 Å². The van der Waals surface area contributed by atoms with E-state index in [-0.39, 0.29) is 11.3 Å². The maximum atomic E-state index is 13.2. The van der Waals surface area contributed by atoms with Gasteiger partial charge in [-0.3, -0.25) is 9.59 Å². The molecular formula is C31H34N2O5. The number of carbonyl (C=O) groups is 2. The van der Waals surface area contributed by atoms with Gasteiger partial charge in [0.15, 0.2) is 0 Å². The number of rotatable bonds is 10. The van der Waals surface area contributed by atoms with Gasteiger partial charge in [-0.05, 0) is 87.1 Å². The molecule has 1 fully saturated rings. The number of methoxy groups -OCH3 is 1. The van der Waals surface area contributed by atoms with Crippen molar-refractivity contribution in [2.75, 3.05) is 34.3 Å². The van der Waals surface area contributed by atoms with Crippen LogP contribution in [-0.4, -0.2) is 60.9 Å². The van der Waals surface area contributed by atoms with E-state index in [9.17, 15) is 14.7 Å². The van der Waals surface area contributed by atoms with Gasteiger partial charge in [-0.25, -0.2) is 0 Å². The predicted molar refractivity (Wildman–Crippen MR) is 147 cm³/mol. The number of ether oxygens (including phenoxy) is 2. The van der Waals surface area contributed by atoms with E-state index in [4.69, 9.17) is 9.47 Å².